The molecule has 3 rings (SSSR count). The average molecular weight is 564 g/mol. The fourth-order valence-corrected chi connectivity index (χ4v) is 6.11. The van der Waals surface area contributed by atoms with Gasteiger partial charge < -0.3 is 9.63 Å². The molecule has 2 heterocycles. The smallest absolute Gasteiger partial charge is 0.330 e. The lowest BCUT2D eigenvalue weighted by Crippen LogP contribution is -2.48. The Morgan fingerprint density at radius 1 is 1.11 bits per heavy atom. The molecule has 14 heteroatoms. The molecule has 0 N–H and O–H groups in total. The predicted molar refractivity (Wildman–Crippen MR) is 128 cm³/mol. The fourth-order valence-electron chi connectivity index (χ4n) is 4.94. The molecule has 3 atom stereocenters. The molecule has 38 heavy (non-hydrogen) atoms. The van der Waals surface area contributed by atoms with Crippen molar-refractivity contribution in [2.75, 3.05) is 19.3 Å². The van der Waals surface area contributed by atoms with Crippen LogP contribution in [0.4, 0.5) is 13.2 Å². The van der Waals surface area contributed by atoms with Gasteiger partial charge in [0.15, 0.2) is 0 Å². The van der Waals surface area contributed by atoms with Crippen molar-refractivity contribution < 1.29 is 46.8 Å². The molecule has 0 aromatic rings. The summed E-state index contributed by atoms with van der Waals surface area (Å²) in [6.07, 6.45) is -2.59. The third-order valence-electron chi connectivity index (χ3n) is 7.43. The van der Waals surface area contributed by atoms with Crippen molar-refractivity contribution in [1.82, 2.24) is 14.9 Å². The van der Waals surface area contributed by atoms with E-state index in [1.165, 1.54) is 14.0 Å². The second-order valence-electron chi connectivity index (χ2n) is 10.0. The first kappa shape index (κ1) is 30.1. The SMILES string of the molecule is C[C@@H](C=O)N(C)C(CCSC1CC(=O)N(CC2CCC(C(=O)ON3C(=O)CCC3=O)CC2)C1=O)C(F)(F)F. The minimum Gasteiger partial charge on any atom is -0.330 e. The lowest BCUT2D eigenvalue weighted by atomic mass is 9.82. The molecule has 0 aromatic heterocycles. The van der Waals surface area contributed by atoms with Crippen molar-refractivity contribution in [2.45, 2.75) is 81.8 Å². The Morgan fingerprint density at radius 3 is 2.26 bits per heavy atom. The van der Waals surface area contributed by atoms with Crippen molar-refractivity contribution in [3.8, 4) is 0 Å². The van der Waals surface area contributed by atoms with E-state index in [2.05, 4.69) is 0 Å². The minimum atomic E-state index is -4.54. The van der Waals surface area contributed by atoms with E-state index in [1.807, 2.05) is 0 Å². The van der Waals surface area contributed by atoms with Gasteiger partial charge in [-0.3, -0.25) is 29.0 Å². The first-order chi connectivity index (χ1) is 17.8. The van der Waals surface area contributed by atoms with Gasteiger partial charge in [0.05, 0.1) is 17.2 Å². The molecular weight excluding hydrogens is 531 g/mol. The Hall–Kier alpha value is -2.48. The van der Waals surface area contributed by atoms with E-state index in [0.29, 0.717) is 37.0 Å². The third-order valence-corrected chi connectivity index (χ3v) is 8.67. The monoisotopic (exact) mass is 563 g/mol. The Balaban J connectivity index is 1.45. The molecule has 212 valence electrons. The second-order valence-corrected chi connectivity index (χ2v) is 11.3. The van der Waals surface area contributed by atoms with Gasteiger partial charge in [0, 0.05) is 25.8 Å². The van der Waals surface area contributed by atoms with Gasteiger partial charge in [-0.2, -0.15) is 13.2 Å². The highest BCUT2D eigenvalue weighted by Crippen LogP contribution is 2.35. The summed E-state index contributed by atoms with van der Waals surface area (Å²) in [4.78, 5) is 79.0. The quantitative estimate of drug-likeness (QED) is 0.275. The maximum absolute atomic E-state index is 13.5. The molecule has 0 spiro atoms. The van der Waals surface area contributed by atoms with Crippen molar-refractivity contribution in [3.05, 3.63) is 0 Å². The van der Waals surface area contributed by atoms with Crippen molar-refractivity contribution in [3.63, 3.8) is 0 Å². The number of carbonyl (C=O) groups is 6. The number of hydrogen-bond acceptors (Lipinski definition) is 9. The molecule has 3 aliphatic rings. The van der Waals surface area contributed by atoms with Gasteiger partial charge in [0.2, 0.25) is 11.8 Å². The number of alkyl halides is 3. The summed E-state index contributed by atoms with van der Waals surface area (Å²) >= 11 is 1.01. The van der Waals surface area contributed by atoms with Crippen molar-refractivity contribution >= 4 is 47.6 Å². The van der Waals surface area contributed by atoms with E-state index in [9.17, 15) is 41.9 Å². The number of amides is 4. The van der Waals surface area contributed by atoms with Gasteiger partial charge in [-0.15, -0.1) is 16.8 Å². The summed E-state index contributed by atoms with van der Waals surface area (Å²) in [6, 6.07) is -2.76. The molecule has 2 saturated heterocycles. The van der Waals surface area contributed by atoms with Gasteiger partial charge in [0.25, 0.3) is 11.8 Å². The highest BCUT2D eigenvalue weighted by molar-refractivity contribution is 8.00. The summed E-state index contributed by atoms with van der Waals surface area (Å²) < 4.78 is 40.5. The maximum atomic E-state index is 13.5. The van der Waals surface area contributed by atoms with Crippen LogP contribution in [0.3, 0.4) is 0 Å². The number of nitrogens with zero attached hydrogens (tertiary/aromatic N) is 3. The number of hydrogen-bond donors (Lipinski definition) is 0. The van der Waals surface area contributed by atoms with Crippen LogP contribution in [-0.2, 0) is 33.6 Å². The molecule has 1 aliphatic carbocycles. The van der Waals surface area contributed by atoms with Gasteiger partial charge in [-0.25, -0.2) is 4.79 Å². The maximum Gasteiger partial charge on any atom is 0.404 e. The largest absolute Gasteiger partial charge is 0.404 e. The number of aldehydes is 1. The molecule has 2 unspecified atom stereocenters. The van der Waals surface area contributed by atoms with Gasteiger partial charge in [-0.05, 0) is 57.7 Å². The number of imide groups is 2. The van der Waals surface area contributed by atoms with Crippen molar-refractivity contribution in [2.24, 2.45) is 11.8 Å². The van der Waals surface area contributed by atoms with E-state index in [1.54, 1.807) is 0 Å². The van der Waals surface area contributed by atoms with Crippen LogP contribution in [0.2, 0.25) is 0 Å². The summed E-state index contributed by atoms with van der Waals surface area (Å²) in [5.41, 5.74) is 0. The Kier molecular flexibility index (Phi) is 9.96. The van der Waals surface area contributed by atoms with Crippen LogP contribution in [0.25, 0.3) is 0 Å². The molecule has 2 aliphatic heterocycles. The molecule has 10 nitrogen and oxygen atoms in total. The average Bonchev–Trinajstić information content (AvgIpc) is 3.32. The highest BCUT2D eigenvalue weighted by atomic mass is 32.2. The Morgan fingerprint density at radius 2 is 1.71 bits per heavy atom. The fraction of sp³-hybridized carbons (Fsp3) is 0.750. The minimum absolute atomic E-state index is 0.00708. The number of halogens is 3. The Bertz CT molecular complexity index is 939. The van der Waals surface area contributed by atoms with Crippen LogP contribution in [0.1, 0.15) is 58.3 Å². The summed E-state index contributed by atoms with van der Waals surface area (Å²) in [7, 11) is 1.23. The van der Waals surface area contributed by atoms with E-state index >= 15 is 0 Å². The van der Waals surface area contributed by atoms with Crippen molar-refractivity contribution in [1.29, 1.82) is 0 Å². The molecule has 1 saturated carbocycles. The van der Waals surface area contributed by atoms with Crippen LogP contribution in [0.5, 0.6) is 0 Å². The molecular formula is C24H32F3N3O7S. The first-order valence-electron chi connectivity index (χ1n) is 12.6. The predicted octanol–water partition coefficient (Wildman–Crippen LogP) is 2.10. The van der Waals surface area contributed by atoms with E-state index in [0.717, 1.165) is 21.6 Å². The van der Waals surface area contributed by atoms with Crippen LogP contribution in [-0.4, -0.2) is 93.6 Å². The van der Waals surface area contributed by atoms with Gasteiger partial charge in [-0.1, -0.05) is 0 Å². The number of hydroxylamine groups is 2. The standard InChI is InChI=1S/C24H32F3N3O7S/c1-14(13-31)28(2)18(24(25,26)27)9-10-38-17-11-21(34)29(22(17)35)12-15-3-5-16(6-4-15)23(36)37-30-19(32)7-8-20(30)33/h13-18H,3-12H2,1-2H3/t14-,15?,16?,17?,18?/m0/s1. The number of carbonyl (C=O) groups excluding carboxylic acids is 6. The summed E-state index contributed by atoms with van der Waals surface area (Å²) in [5.74, 6) is -3.10. The number of likely N-dealkylation sites (N-methyl/N-ethyl adjacent to an activating group) is 1. The zero-order valence-electron chi connectivity index (χ0n) is 21.3. The molecule has 0 aromatic carbocycles. The van der Waals surface area contributed by atoms with Crippen LogP contribution in [0.15, 0.2) is 0 Å². The normalized spacial score (nSPS) is 26.3. The number of rotatable bonds is 11. The topological polar surface area (TPSA) is 121 Å². The molecule has 3 fully saturated rings. The number of likely N-dealkylation sites (tertiary alicyclic amines) is 1. The zero-order valence-corrected chi connectivity index (χ0v) is 22.1. The van der Waals surface area contributed by atoms with Crippen LogP contribution >= 0.6 is 11.8 Å². The lowest BCUT2D eigenvalue weighted by Gasteiger charge is -2.32. The number of thioether (sulfide) groups is 1. The lowest BCUT2D eigenvalue weighted by molar-refractivity contribution is -0.201. The molecule has 0 bridgehead atoms. The van der Waals surface area contributed by atoms with E-state index < -0.39 is 53.1 Å². The van der Waals surface area contributed by atoms with Crippen LogP contribution < -0.4 is 0 Å². The summed E-state index contributed by atoms with van der Waals surface area (Å²) in [6.45, 7) is 1.55. The second kappa shape index (κ2) is 12.6. The van der Waals surface area contributed by atoms with Gasteiger partial charge >= 0.3 is 12.1 Å². The van der Waals surface area contributed by atoms with Gasteiger partial charge in [0.1, 0.15) is 12.3 Å². The third kappa shape index (κ3) is 7.13. The Labute approximate surface area is 222 Å². The zero-order chi connectivity index (χ0) is 28.2. The van der Waals surface area contributed by atoms with E-state index in [-0.39, 0.29) is 49.8 Å². The molecule has 0 radical (unpaired) electrons. The van der Waals surface area contributed by atoms with E-state index in [4.69, 9.17) is 4.84 Å². The highest BCUT2D eigenvalue weighted by Gasteiger charge is 2.45. The summed E-state index contributed by atoms with van der Waals surface area (Å²) in [5, 5.41) is -0.238. The molecule has 4 amide bonds. The van der Waals surface area contributed by atoms with Crippen LogP contribution in [0, 0.1) is 11.8 Å². The first-order valence-corrected chi connectivity index (χ1v) is 13.7.